The number of hydrogen-bond acceptors (Lipinski definition) is 7. The average molecular weight is 475 g/mol. The highest BCUT2D eigenvalue weighted by Crippen LogP contribution is 2.34. The van der Waals surface area contributed by atoms with Crippen LogP contribution in [0.3, 0.4) is 0 Å². The van der Waals surface area contributed by atoms with Crippen molar-refractivity contribution in [1.82, 2.24) is 14.8 Å². The predicted molar refractivity (Wildman–Crippen MR) is 108 cm³/mol. The van der Waals surface area contributed by atoms with E-state index < -0.39 is 12.1 Å². The number of halogens is 3. The predicted octanol–water partition coefficient (Wildman–Crippen LogP) is 3.04. The van der Waals surface area contributed by atoms with Gasteiger partial charge in [0.25, 0.3) is 5.91 Å². The van der Waals surface area contributed by atoms with Crippen LogP contribution in [0.2, 0.25) is 0 Å². The van der Waals surface area contributed by atoms with Gasteiger partial charge in [0.2, 0.25) is 0 Å². The number of likely N-dealkylation sites (tertiary alicyclic amines) is 1. The monoisotopic (exact) mass is 475 g/mol. The van der Waals surface area contributed by atoms with Gasteiger partial charge in [-0.25, -0.2) is 9.78 Å². The fourth-order valence-electron chi connectivity index (χ4n) is 3.80. The molecule has 1 unspecified atom stereocenters. The van der Waals surface area contributed by atoms with Crippen LogP contribution in [-0.4, -0.2) is 77.3 Å². The third kappa shape index (κ3) is 6.30. The first kappa shape index (κ1) is 24.2. The Morgan fingerprint density at radius 1 is 1.28 bits per heavy atom. The molecule has 12 heteroatoms. The van der Waals surface area contributed by atoms with E-state index in [0.717, 1.165) is 43.4 Å². The quantitative estimate of drug-likeness (QED) is 0.729. The van der Waals surface area contributed by atoms with E-state index in [0.29, 0.717) is 25.5 Å². The molecule has 1 N–H and O–H groups in total. The molecule has 32 heavy (non-hydrogen) atoms. The SMILES string of the molecule is Cc1ccc(C(=O)N2CCOCC3(CCN(Cc4nccs4)C3)C2)o1.O=C(O)C(F)(F)F. The number of alkyl halides is 3. The average Bonchev–Trinajstić information content (AvgIpc) is 3.43. The van der Waals surface area contributed by atoms with Crippen LogP contribution < -0.4 is 0 Å². The number of aromatic nitrogens is 1. The molecular formula is C20H24F3N3O5S. The second kappa shape index (κ2) is 10.0. The molecule has 0 saturated carbocycles. The minimum atomic E-state index is -5.08. The summed E-state index contributed by atoms with van der Waals surface area (Å²) in [6, 6.07) is 3.60. The van der Waals surface area contributed by atoms with Crippen molar-refractivity contribution < 1.29 is 37.0 Å². The molecule has 0 radical (unpaired) electrons. The van der Waals surface area contributed by atoms with E-state index in [1.807, 2.05) is 29.5 Å². The van der Waals surface area contributed by atoms with Crippen molar-refractivity contribution in [2.75, 3.05) is 39.4 Å². The molecule has 2 fully saturated rings. The van der Waals surface area contributed by atoms with Crippen molar-refractivity contribution in [3.05, 3.63) is 40.2 Å². The third-order valence-corrected chi connectivity index (χ3v) is 6.05. The van der Waals surface area contributed by atoms with Gasteiger partial charge in [-0.2, -0.15) is 13.2 Å². The van der Waals surface area contributed by atoms with Crippen molar-refractivity contribution in [2.24, 2.45) is 5.41 Å². The maximum atomic E-state index is 12.8. The standard InChI is InChI=1S/C18H23N3O3S.C2HF3O2/c1-14-2-3-15(24-14)17(22)21-7-8-23-13-18(12-21)4-6-20(11-18)10-16-19-5-9-25-16;3-2(4,5)1(6)7/h2-3,5,9H,4,6-8,10-13H2,1H3;(H,6,7). The number of hydrogen-bond donors (Lipinski definition) is 1. The topological polar surface area (TPSA) is 96.1 Å². The molecular weight excluding hydrogens is 451 g/mol. The first-order chi connectivity index (χ1) is 15.1. The summed E-state index contributed by atoms with van der Waals surface area (Å²) < 4.78 is 43.1. The van der Waals surface area contributed by atoms with Gasteiger partial charge in [0.15, 0.2) is 5.76 Å². The largest absolute Gasteiger partial charge is 0.490 e. The van der Waals surface area contributed by atoms with Gasteiger partial charge in [0.1, 0.15) is 10.8 Å². The van der Waals surface area contributed by atoms with E-state index >= 15 is 0 Å². The molecule has 2 aromatic heterocycles. The minimum Gasteiger partial charge on any atom is -0.475 e. The first-order valence-electron chi connectivity index (χ1n) is 9.92. The van der Waals surface area contributed by atoms with Gasteiger partial charge in [0, 0.05) is 36.6 Å². The molecule has 2 aliphatic rings. The van der Waals surface area contributed by atoms with Crippen LogP contribution in [0.1, 0.15) is 27.7 Å². The molecule has 8 nitrogen and oxygen atoms in total. The van der Waals surface area contributed by atoms with Crippen LogP contribution >= 0.6 is 11.3 Å². The number of carbonyl (C=O) groups is 2. The summed E-state index contributed by atoms with van der Waals surface area (Å²) in [5.74, 6) is -1.60. The lowest BCUT2D eigenvalue weighted by atomic mass is 9.87. The number of nitrogens with zero attached hydrogens (tertiary/aromatic N) is 3. The Kier molecular flexibility index (Phi) is 7.57. The lowest BCUT2D eigenvalue weighted by Gasteiger charge is -2.31. The van der Waals surface area contributed by atoms with Gasteiger partial charge in [-0.05, 0) is 32.0 Å². The summed E-state index contributed by atoms with van der Waals surface area (Å²) in [5.41, 5.74) is 0.00502. The lowest BCUT2D eigenvalue weighted by molar-refractivity contribution is -0.192. The summed E-state index contributed by atoms with van der Waals surface area (Å²) in [6.07, 6.45) is -2.19. The smallest absolute Gasteiger partial charge is 0.475 e. The first-order valence-corrected chi connectivity index (χ1v) is 10.8. The molecule has 1 amide bonds. The van der Waals surface area contributed by atoms with Crippen molar-refractivity contribution >= 4 is 23.2 Å². The van der Waals surface area contributed by atoms with E-state index in [1.165, 1.54) is 0 Å². The molecule has 0 bridgehead atoms. The van der Waals surface area contributed by atoms with E-state index in [4.69, 9.17) is 19.1 Å². The fraction of sp³-hybridized carbons (Fsp3) is 0.550. The maximum absolute atomic E-state index is 12.8. The molecule has 176 valence electrons. The van der Waals surface area contributed by atoms with E-state index in [1.54, 1.807) is 17.4 Å². The van der Waals surface area contributed by atoms with Gasteiger partial charge < -0.3 is 19.2 Å². The van der Waals surface area contributed by atoms with Crippen molar-refractivity contribution in [3.63, 3.8) is 0 Å². The zero-order valence-electron chi connectivity index (χ0n) is 17.4. The zero-order valence-corrected chi connectivity index (χ0v) is 18.2. The number of carbonyl (C=O) groups excluding carboxylic acids is 1. The van der Waals surface area contributed by atoms with E-state index in [9.17, 15) is 18.0 Å². The third-order valence-electron chi connectivity index (χ3n) is 5.28. The van der Waals surface area contributed by atoms with Crippen molar-refractivity contribution in [2.45, 2.75) is 26.1 Å². The van der Waals surface area contributed by atoms with Crippen molar-refractivity contribution in [1.29, 1.82) is 0 Å². The zero-order chi connectivity index (χ0) is 23.4. The van der Waals surface area contributed by atoms with Gasteiger partial charge in [-0.1, -0.05) is 0 Å². The second-order valence-electron chi connectivity index (χ2n) is 7.88. The summed E-state index contributed by atoms with van der Waals surface area (Å²) >= 11 is 1.69. The van der Waals surface area contributed by atoms with Crippen LogP contribution in [0, 0.1) is 12.3 Å². The number of rotatable bonds is 3. The Balaban J connectivity index is 0.000000360. The van der Waals surface area contributed by atoms with Crippen LogP contribution in [0.4, 0.5) is 13.2 Å². The molecule has 2 aliphatic heterocycles. The molecule has 2 saturated heterocycles. The molecule has 1 spiro atoms. The molecule has 4 heterocycles. The van der Waals surface area contributed by atoms with Gasteiger partial charge >= 0.3 is 12.1 Å². The Hall–Kier alpha value is -2.44. The van der Waals surface area contributed by atoms with Crippen LogP contribution in [-0.2, 0) is 16.1 Å². The number of carboxylic acid groups (broad SMARTS) is 1. The molecule has 4 rings (SSSR count). The molecule has 1 atom stereocenters. The second-order valence-corrected chi connectivity index (χ2v) is 8.86. The number of ether oxygens (including phenoxy) is 1. The van der Waals surface area contributed by atoms with Crippen LogP contribution in [0.5, 0.6) is 0 Å². The molecule has 0 aliphatic carbocycles. The van der Waals surface area contributed by atoms with Crippen molar-refractivity contribution in [3.8, 4) is 0 Å². The molecule has 0 aromatic carbocycles. The van der Waals surface area contributed by atoms with Gasteiger partial charge in [0.05, 0.1) is 19.8 Å². The summed E-state index contributed by atoms with van der Waals surface area (Å²) in [7, 11) is 0. The van der Waals surface area contributed by atoms with Gasteiger partial charge in [-0.3, -0.25) is 9.69 Å². The number of aryl methyl sites for hydroxylation is 1. The molecule has 2 aromatic rings. The lowest BCUT2D eigenvalue weighted by Crippen LogP contribution is -2.43. The summed E-state index contributed by atoms with van der Waals surface area (Å²) in [6.45, 7) is 7.33. The number of furan rings is 1. The Morgan fingerprint density at radius 2 is 2.03 bits per heavy atom. The van der Waals surface area contributed by atoms with Crippen LogP contribution in [0.25, 0.3) is 0 Å². The number of carboxylic acids is 1. The summed E-state index contributed by atoms with van der Waals surface area (Å²) in [4.78, 5) is 30.4. The van der Waals surface area contributed by atoms with E-state index in [2.05, 4.69) is 9.88 Å². The Morgan fingerprint density at radius 3 is 2.62 bits per heavy atom. The highest BCUT2D eigenvalue weighted by molar-refractivity contribution is 7.09. The van der Waals surface area contributed by atoms with Gasteiger partial charge in [-0.15, -0.1) is 11.3 Å². The highest BCUT2D eigenvalue weighted by Gasteiger charge is 2.42. The summed E-state index contributed by atoms with van der Waals surface area (Å²) in [5, 5.41) is 10.3. The normalized spacial score (nSPS) is 21.8. The van der Waals surface area contributed by atoms with E-state index in [-0.39, 0.29) is 11.3 Å². The minimum absolute atomic E-state index is 0.00502. The number of aliphatic carboxylic acids is 1. The highest BCUT2D eigenvalue weighted by atomic mass is 32.1. The Labute approximate surface area is 186 Å². The Bertz CT molecular complexity index is 918. The fourth-order valence-corrected chi connectivity index (χ4v) is 4.46. The maximum Gasteiger partial charge on any atom is 0.490 e. The number of thiazole rings is 1. The number of amides is 1. The van der Waals surface area contributed by atoms with Crippen LogP contribution in [0.15, 0.2) is 28.1 Å².